The molecule has 0 bridgehead atoms. The summed E-state index contributed by atoms with van der Waals surface area (Å²) in [5, 5.41) is 3.01. The van der Waals surface area contributed by atoms with Gasteiger partial charge in [-0.1, -0.05) is 49.0 Å². The Morgan fingerprint density at radius 1 is 1.15 bits per heavy atom. The van der Waals surface area contributed by atoms with Gasteiger partial charge in [-0.3, -0.25) is 4.79 Å². The molecule has 0 spiro atoms. The second-order valence-electron chi connectivity index (χ2n) is 5.08. The Kier molecular flexibility index (Phi) is 3.38. The summed E-state index contributed by atoms with van der Waals surface area (Å²) in [5.74, 6) is -0.104. The minimum Gasteiger partial charge on any atom is -0.346 e. The third-order valence-corrected chi connectivity index (χ3v) is 3.83. The monoisotopic (exact) mass is 263 g/mol. The summed E-state index contributed by atoms with van der Waals surface area (Å²) >= 11 is 0. The SMILES string of the molecule is C=CC(=O)NC1CCc2ccc(-c3ccccc3)cc21. The molecule has 1 aliphatic carbocycles. The summed E-state index contributed by atoms with van der Waals surface area (Å²) in [6.45, 7) is 3.51. The van der Waals surface area contributed by atoms with Gasteiger partial charge in [0.05, 0.1) is 6.04 Å². The van der Waals surface area contributed by atoms with Gasteiger partial charge < -0.3 is 5.32 Å². The van der Waals surface area contributed by atoms with Crippen LogP contribution in [0, 0.1) is 0 Å². The lowest BCUT2D eigenvalue weighted by Crippen LogP contribution is -2.24. The van der Waals surface area contributed by atoms with Crippen molar-refractivity contribution < 1.29 is 4.79 Å². The van der Waals surface area contributed by atoms with Crippen LogP contribution in [0.5, 0.6) is 0 Å². The van der Waals surface area contributed by atoms with Crippen molar-refractivity contribution in [2.24, 2.45) is 0 Å². The summed E-state index contributed by atoms with van der Waals surface area (Å²) in [4.78, 5) is 11.5. The first-order valence-electron chi connectivity index (χ1n) is 6.89. The Hall–Kier alpha value is -2.35. The number of carbonyl (C=O) groups is 1. The van der Waals surface area contributed by atoms with Gasteiger partial charge in [-0.25, -0.2) is 0 Å². The molecule has 1 aliphatic rings. The molecule has 0 saturated heterocycles. The highest BCUT2D eigenvalue weighted by Gasteiger charge is 2.23. The number of carbonyl (C=O) groups excluding carboxylic acids is 1. The van der Waals surface area contributed by atoms with E-state index in [1.807, 2.05) is 18.2 Å². The molecular weight excluding hydrogens is 246 g/mol. The van der Waals surface area contributed by atoms with Crippen LogP contribution in [-0.2, 0) is 11.2 Å². The fourth-order valence-electron chi connectivity index (χ4n) is 2.79. The molecule has 0 saturated carbocycles. The maximum Gasteiger partial charge on any atom is 0.243 e. The first-order valence-corrected chi connectivity index (χ1v) is 6.89. The molecule has 2 nitrogen and oxygen atoms in total. The molecule has 0 heterocycles. The molecule has 0 aromatic heterocycles. The standard InChI is InChI=1S/C18H17NO/c1-2-18(20)19-17-11-10-14-8-9-15(12-16(14)17)13-6-4-3-5-7-13/h2-9,12,17H,1,10-11H2,(H,19,20). The first-order chi connectivity index (χ1) is 9.78. The van der Waals surface area contributed by atoms with Crippen molar-refractivity contribution in [3.05, 3.63) is 72.3 Å². The van der Waals surface area contributed by atoms with Crippen molar-refractivity contribution in [2.45, 2.75) is 18.9 Å². The van der Waals surface area contributed by atoms with Gasteiger partial charge >= 0.3 is 0 Å². The van der Waals surface area contributed by atoms with Crippen LogP contribution in [0.25, 0.3) is 11.1 Å². The van der Waals surface area contributed by atoms with Crippen LogP contribution in [0.4, 0.5) is 0 Å². The van der Waals surface area contributed by atoms with Gasteiger partial charge in [0, 0.05) is 0 Å². The fraction of sp³-hybridized carbons (Fsp3) is 0.167. The number of amides is 1. The van der Waals surface area contributed by atoms with Crippen LogP contribution in [0.1, 0.15) is 23.6 Å². The molecule has 3 rings (SSSR count). The van der Waals surface area contributed by atoms with Crippen molar-refractivity contribution in [1.82, 2.24) is 5.32 Å². The molecule has 1 unspecified atom stereocenters. The van der Waals surface area contributed by atoms with Gasteiger partial charge in [0.2, 0.25) is 5.91 Å². The van der Waals surface area contributed by atoms with E-state index >= 15 is 0 Å². The molecule has 2 aromatic carbocycles. The van der Waals surface area contributed by atoms with Crippen molar-refractivity contribution in [1.29, 1.82) is 0 Å². The summed E-state index contributed by atoms with van der Waals surface area (Å²) in [6, 6.07) is 17.0. The highest BCUT2D eigenvalue weighted by molar-refractivity contribution is 5.87. The average Bonchev–Trinajstić information content (AvgIpc) is 2.90. The zero-order valence-electron chi connectivity index (χ0n) is 11.3. The molecule has 1 amide bonds. The Bertz CT molecular complexity index is 646. The second-order valence-corrected chi connectivity index (χ2v) is 5.08. The number of rotatable bonds is 3. The van der Waals surface area contributed by atoms with Crippen LogP contribution in [-0.4, -0.2) is 5.91 Å². The number of benzene rings is 2. The summed E-state index contributed by atoms with van der Waals surface area (Å²) in [6.07, 6.45) is 3.32. The highest BCUT2D eigenvalue weighted by Crippen LogP contribution is 2.34. The van der Waals surface area contributed by atoms with Crippen LogP contribution < -0.4 is 5.32 Å². The lowest BCUT2D eigenvalue weighted by Gasteiger charge is -2.14. The predicted molar refractivity (Wildman–Crippen MR) is 81.3 cm³/mol. The van der Waals surface area contributed by atoms with Crippen LogP contribution >= 0.6 is 0 Å². The van der Waals surface area contributed by atoms with E-state index in [9.17, 15) is 4.79 Å². The topological polar surface area (TPSA) is 29.1 Å². The third kappa shape index (κ3) is 2.37. The fourth-order valence-corrected chi connectivity index (χ4v) is 2.79. The van der Waals surface area contributed by atoms with Gasteiger partial charge in [-0.15, -0.1) is 0 Å². The normalized spacial score (nSPS) is 16.5. The van der Waals surface area contributed by atoms with Gasteiger partial charge in [0.1, 0.15) is 0 Å². The largest absolute Gasteiger partial charge is 0.346 e. The molecule has 1 N–H and O–H groups in total. The Balaban J connectivity index is 1.94. The van der Waals surface area contributed by atoms with E-state index in [-0.39, 0.29) is 11.9 Å². The average molecular weight is 263 g/mol. The third-order valence-electron chi connectivity index (χ3n) is 3.83. The number of hydrogen-bond donors (Lipinski definition) is 1. The molecule has 0 radical (unpaired) electrons. The van der Waals surface area contributed by atoms with Gasteiger partial charge in [-0.05, 0) is 47.2 Å². The lowest BCUT2D eigenvalue weighted by molar-refractivity contribution is -0.117. The molecule has 0 fully saturated rings. The van der Waals surface area contributed by atoms with Gasteiger partial charge in [-0.2, -0.15) is 0 Å². The Morgan fingerprint density at radius 3 is 2.70 bits per heavy atom. The van der Waals surface area contributed by atoms with Crippen molar-refractivity contribution in [2.75, 3.05) is 0 Å². The van der Waals surface area contributed by atoms with Gasteiger partial charge in [0.15, 0.2) is 0 Å². The molecule has 2 aromatic rings. The van der Waals surface area contributed by atoms with Crippen LogP contribution in [0.3, 0.4) is 0 Å². The van der Waals surface area contributed by atoms with E-state index in [1.165, 1.54) is 28.3 Å². The van der Waals surface area contributed by atoms with E-state index in [0.717, 1.165) is 12.8 Å². The summed E-state index contributed by atoms with van der Waals surface area (Å²) in [7, 11) is 0. The number of fused-ring (bicyclic) bond motifs is 1. The Morgan fingerprint density at radius 2 is 1.95 bits per heavy atom. The van der Waals surface area contributed by atoms with E-state index in [1.54, 1.807) is 0 Å². The van der Waals surface area contributed by atoms with E-state index < -0.39 is 0 Å². The molecular formula is C18H17NO. The number of aryl methyl sites for hydroxylation is 1. The minimum absolute atomic E-state index is 0.104. The molecule has 20 heavy (non-hydrogen) atoms. The van der Waals surface area contributed by atoms with Gasteiger partial charge in [0.25, 0.3) is 0 Å². The summed E-state index contributed by atoms with van der Waals surface area (Å²) < 4.78 is 0. The predicted octanol–water partition coefficient (Wildman–Crippen LogP) is 3.64. The Labute approximate surface area is 119 Å². The van der Waals surface area contributed by atoms with E-state index in [2.05, 4.69) is 42.2 Å². The second kappa shape index (κ2) is 5.33. The molecule has 2 heteroatoms. The lowest BCUT2D eigenvalue weighted by atomic mass is 9.99. The van der Waals surface area contributed by atoms with Crippen molar-refractivity contribution in [3.8, 4) is 11.1 Å². The smallest absolute Gasteiger partial charge is 0.243 e. The number of hydrogen-bond acceptors (Lipinski definition) is 1. The van der Waals surface area contributed by atoms with Crippen molar-refractivity contribution >= 4 is 5.91 Å². The van der Waals surface area contributed by atoms with E-state index in [4.69, 9.17) is 0 Å². The molecule has 0 aliphatic heterocycles. The van der Waals surface area contributed by atoms with Crippen molar-refractivity contribution in [3.63, 3.8) is 0 Å². The minimum atomic E-state index is -0.104. The quantitative estimate of drug-likeness (QED) is 0.842. The maximum absolute atomic E-state index is 11.5. The zero-order valence-corrected chi connectivity index (χ0v) is 11.3. The van der Waals surface area contributed by atoms with E-state index in [0.29, 0.717) is 0 Å². The van der Waals surface area contributed by atoms with Crippen LogP contribution in [0.15, 0.2) is 61.2 Å². The first kappa shape index (κ1) is 12.7. The highest BCUT2D eigenvalue weighted by atomic mass is 16.1. The number of nitrogens with one attached hydrogen (secondary N) is 1. The summed E-state index contributed by atoms with van der Waals surface area (Å²) in [5.41, 5.74) is 4.97. The van der Waals surface area contributed by atoms with Crippen LogP contribution in [0.2, 0.25) is 0 Å². The molecule has 1 atom stereocenters. The zero-order chi connectivity index (χ0) is 13.9. The maximum atomic E-state index is 11.5. The molecule has 100 valence electrons.